The van der Waals surface area contributed by atoms with Crippen LogP contribution >= 0.6 is 0 Å². The van der Waals surface area contributed by atoms with E-state index in [0.717, 1.165) is 5.82 Å². The lowest BCUT2D eigenvalue weighted by atomic mass is 10.7. The fraction of sp³-hybridized carbons (Fsp3) is 0.500. The van der Waals surface area contributed by atoms with Crippen molar-refractivity contribution >= 4 is 0 Å². The third-order valence-electron chi connectivity index (χ3n) is 1.06. The summed E-state index contributed by atoms with van der Waals surface area (Å²) >= 11 is 0. The Labute approximate surface area is 50.2 Å². The van der Waals surface area contributed by atoms with E-state index in [1.165, 1.54) is 0 Å². The molecule has 0 saturated carbocycles. The molecule has 0 aliphatic heterocycles. The molecule has 1 aromatic rings. The Morgan fingerprint density at radius 1 is 1.62 bits per heavy atom. The van der Waals surface area contributed by atoms with Gasteiger partial charge in [0.15, 0.2) is 0 Å². The minimum Gasteiger partial charge on any atom is -0.338 e. The summed E-state index contributed by atoms with van der Waals surface area (Å²) in [5.41, 5.74) is 0. The van der Waals surface area contributed by atoms with Crippen molar-refractivity contribution in [1.82, 2.24) is 9.55 Å². The van der Waals surface area contributed by atoms with Gasteiger partial charge in [-0.25, -0.2) is 4.98 Å². The Morgan fingerprint density at radius 2 is 2.25 bits per heavy atom. The third-order valence-corrected chi connectivity index (χ3v) is 1.06. The van der Waals surface area contributed by atoms with E-state index >= 15 is 0 Å². The zero-order valence-corrected chi connectivity index (χ0v) is 4.55. The van der Waals surface area contributed by atoms with Crippen molar-refractivity contribution in [3.63, 3.8) is 0 Å². The van der Waals surface area contributed by atoms with Crippen LogP contribution in [0, 0.1) is 6.92 Å². The third kappa shape index (κ3) is 1.09. The molecule has 2 nitrogen and oxygen atoms in total. The molecule has 46 valence electrons. The molecule has 2 heteroatoms. The number of rotatable bonds is 0. The number of aromatic nitrogens is 2. The summed E-state index contributed by atoms with van der Waals surface area (Å²) in [5, 5.41) is 0. The molecule has 0 radical (unpaired) electrons. The van der Waals surface area contributed by atoms with Gasteiger partial charge in [0.1, 0.15) is 5.82 Å². The average Bonchev–Trinajstić information content (AvgIpc) is 1.91. The van der Waals surface area contributed by atoms with E-state index in [-0.39, 0.29) is 7.43 Å². The van der Waals surface area contributed by atoms with E-state index < -0.39 is 0 Å². The standard InChI is InChI=1S/C5H8N2.CH4/c1-5-6-3-4-7(5)2;/h3-4H,1-2H3;1H4. The normalized spacial score (nSPS) is 8.25. The monoisotopic (exact) mass is 112 g/mol. The molecule has 0 saturated heterocycles. The highest BCUT2D eigenvalue weighted by molar-refractivity contribution is 4.85. The highest BCUT2D eigenvalue weighted by atomic mass is 15.0. The van der Waals surface area contributed by atoms with Crippen molar-refractivity contribution in [1.29, 1.82) is 0 Å². The zero-order chi connectivity index (χ0) is 5.28. The first kappa shape index (κ1) is 7.21. The average molecular weight is 112 g/mol. The van der Waals surface area contributed by atoms with Gasteiger partial charge in [0.25, 0.3) is 0 Å². The van der Waals surface area contributed by atoms with Gasteiger partial charge < -0.3 is 4.57 Å². The van der Waals surface area contributed by atoms with Crippen molar-refractivity contribution in [2.75, 3.05) is 0 Å². The fourth-order valence-corrected chi connectivity index (χ4v) is 0.440. The second kappa shape index (κ2) is 2.50. The smallest absolute Gasteiger partial charge is 0.105 e. The number of hydrogen-bond donors (Lipinski definition) is 0. The highest BCUT2D eigenvalue weighted by Crippen LogP contribution is 1.86. The Morgan fingerprint density at radius 3 is 2.38 bits per heavy atom. The predicted molar refractivity (Wildman–Crippen MR) is 34.7 cm³/mol. The molecule has 0 N–H and O–H groups in total. The summed E-state index contributed by atoms with van der Waals surface area (Å²) < 4.78 is 1.97. The second-order valence-electron chi connectivity index (χ2n) is 1.59. The number of imidazole rings is 1. The topological polar surface area (TPSA) is 17.8 Å². The van der Waals surface area contributed by atoms with Crippen LogP contribution in [0.2, 0.25) is 0 Å². The van der Waals surface area contributed by atoms with Crippen LogP contribution in [0.15, 0.2) is 12.4 Å². The lowest BCUT2D eigenvalue weighted by Gasteiger charge is -1.87. The summed E-state index contributed by atoms with van der Waals surface area (Å²) in [6.45, 7) is 1.97. The van der Waals surface area contributed by atoms with Crippen molar-refractivity contribution in [3.8, 4) is 0 Å². The summed E-state index contributed by atoms with van der Waals surface area (Å²) in [6, 6.07) is 0. The van der Waals surface area contributed by atoms with Gasteiger partial charge in [0.05, 0.1) is 0 Å². The van der Waals surface area contributed by atoms with Gasteiger partial charge in [-0.15, -0.1) is 0 Å². The summed E-state index contributed by atoms with van der Waals surface area (Å²) in [6.07, 6.45) is 3.71. The molecule has 1 rings (SSSR count). The number of hydrogen-bond acceptors (Lipinski definition) is 1. The SMILES string of the molecule is C.Cc1nccn1C. The Bertz CT molecular complexity index is 139. The van der Waals surface area contributed by atoms with Gasteiger partial charge in [0.2, 0.25) is 0 Å². The quantitative estimate of drug-likeness (QED) is 0.495. The number of aryl methyl sites for hydroxylation is 2. The van der Waals surface area contributed by atoms with E-state index in [9.17, 15) is 0 Å². The van der Waals surface area contributed by atoms with Crippen LogP contribution in [0.25, 0.3) is 0 Å². The first-order valence-electron chi connectivity index (χ1n) is 2.24. The van der Waals surface area contributed by atoms with E-state index in [4.69, 9.17) is 0 Å². The molecular formula is C6H12N2. The molecule has 0 fully saturated rings. The maximum absolute atomic E-state index is 3.98. The molecule has 1 aromatic heterocycles. The van der Waals surface area contributed by atoms with Crippen LogP contribution in [0.1, 0.15) is 13.3 Å². The van der Waals surface area contributed by atoms with Crippen LogP contribution < -0.4 is 0 Å². The van der Waals surface area contributed by atoms with Gasteiger partial charge in [-0.2, -0.15) is 0 Å². The molecule has 0 aliphatic carbocycles. The van der Waals surface area contributed by atoms with Gasteiger partial charge in [0, 0.05) is 19.4 Å². The van der Waals surface area contributed by atoms with Gasteiger partial charge >= 0.3 is 0 Å². The summed E-state index contributed by atoms with van der Waals surface area (Å²) in [7, 11) is 1.97. The molecule has 1 heterocycles. The van der Waals surface area contributed by atoms with Crippen LogP contribution in [-0.2, 0) is 7.05 Å². The molecule has 8 heavy (non-hydrogen) atoms. The molecule has 0 spiro atoms. The van der Waals surface area contributed by atoms with E-state index in [2.05, 4.69) is 4.98 Å². The molecule has 0 bridgehead atoms. The molecule has 0 amide bonds. The van der Waals surface area contributed by atoms with E-state index in [1.807, 2.05) is 24.7 Å². The second-order valence-corrected chi connectivity index (χ2v) is 1.59. The van der Waals surface area contributed by atoms with Gasteiger partial charge in [-0.1, -0.05) is 7.43 Å². The lowest BCUT2D eigenvalue weighted by Crippen LogP contribution is -1.86. The van der Waals surface area contributed by atoms with Gasteiger partial charge in [-0.3, -0.25) is 0 Å². The minimum absolute atomic E-state index is 0. The molecule has 0 unspecified atom stereocenters. The predicted octanol–water partition coefficient (Wildman–Crippen LogP) is 1.36. The summed E-state index contributed by atoms with van der Waals surface area (Å²) in [4.78, 5) is 3.98. The van der Waals surface area contributed by atoms with Crippen LogP contribution in [0.3, 0.4) is 0 Å². The minimum atomic E-state index is 0. The number of nitrogens with zero attached hydrogens (tertiary/aromatic N) is 2. The molecule has 0 aromatic carbocycles. The van der Waals surface area contributed by atoms with Crippen LogP contribution in [-0.4, -0.2) is 9.55 Å². The zero-order valence-electron chi connectivity index (χ0n) is 4.55. The van der Waals surface area contributed by atoms with Crippen LogP contribution in [0.5, 0.6) is 0 Å². The van der Waals surface area contributed by atoms with E-state index in [1.54, 1.807) is 6.20 Å². The Kier molecular flexibility index (Phi) is 2.25. The maximum atomic E-state index is 3.98. The molecular weight excluding hydrogens is 100 g/mol. The fourth-order valence-electron chi connectivity index (χ4n) is 0.440. The van der Waals surface area contributed by atoms with Crippen molar-refractivity contribution in [3.05, 3.63) is 18.2 Å². The first-order chi connectivity index (χ1) is 3.30. The summed E-state index contributed by atoms with van der Waals surface area (Å²) in [5.74, 6) is 1.06. The highest BCUT2D eigenvalue weighted by Gasteiger charge is 1.83. The first-order valence-corrected chi connectivity index (χ1v) is 2.24. The largest absolute Gasteiger partial charge is 0.338 e. The van der Waals surface area contributed by atoms with Gasteiger partial charge in [-0.05, 0) is 6.92 Å². The van der Waals surface area contributed by atoms with Crippen molar-refractivity contribution in [2.24, 2.45) is 7.05 Å². The van der Waals surface area contributed by atoms with Crippen molar-refractivity contribution in [2.45, 2.75) is 14.4 Å². The molecule has 0 atom stereocenters. The van der Waals surface area contributed by atoms with Crippen LogP contribution in [0.4, 0.5) is 0 Å². The molecule has 0 aliphatic rings. The maximum Gasteiger partial charge on any atom is 0.105 e. The van der Waals surface area contributed by atoms with E-state index in [0.29, 0.717) is 0 Å². The Balaban J connectivity index is 0.000000490. The lowest BCUT2D eigenvalue weighted by molar-refractivity contribution is 0.858. The Hall–Kier alpha value is -0.790. The van der Waals surface area contributed by atoms with Crippen molar-refractivity contribution < 1.29 is 0 Å².